The fourth-order valence-corrected chi connectivity index (χ4v) is 3.78. The molecule has 2 rings (SSSR count). The minimum atomic E-state index is -0.574. The molecule has 0 saturated heterocycles. The maximum atomic E-state index is 11.9. The smallest absolute Gasteiger partial charge is 0.237 e. The molecule has 2 aliphatic rings. The Hall–Kier alpha value is -0.610. The van der Waals surface area contributed by atoms with E-state index in [2.05, 4.69) is 31.1 Å². The van der Waals surface area contributed by atoms with Crippen LogP contribution in [0, 0.1) is 5.92 Å². The fraction of sp³-hybridized carbons (Fsp3) is 0.941. The van der Waals surface area contributed by atoms with Crippen LogP contribution in [0.2, 0.25) is 0 Å². The molecule has 4 heteroatoms. The molecule has 4 atom stereocenters. The maximum absolute atomic E-state index is 11.9. The van der Waals surface area contributed by atoms with Crippen LogP contribution in [-0.2, 0) is 4.79 Å². The summed E-state index contributed by atoms with van der Waals surface area (Å²) in [7, 11) is 2.21. The van der Waals surface area contributed by atoms with Gasteiger partial charge < -0.3 is 16.0 Å². The van der Waals surface area contributed by atoms with Crippen LogP contribution >= 0.6 is 0 Å². The topological polar surface area (TPSA) is 58.4 Å². The Kier molecular flexibility index (Phi) is 5.31. The summed E-state index contributed by atoms with van der Waals surface area (Å²) in [6.45, 7) is 6.56. The Balaban J connectivity index is 1.93. The third kappa shape index (κ3) is 4.43. The van der Waals surface area contributed by atoms with Gasteiger partial charge in [0.2, 0.25) is 5.91 Å². The number of nitrogens with zero attached hydrogens (tertiary/aromatic N) is 1. The Morgan fingerprint density at radius 1 is 1.38 bits per heavy atom. The zero-order valence-electron chi connectivity index (χ0n) is 14.2. The zero-order chi connectivity index (χ0) is 15.6. The third-order valence-corrected chi connectivity index (χ3v) is 5.53. The Morgan fingerprint density at radius 2 is 2.05 bits per heavy atom. The van der Waals surface area contributed by atoms with E-state index in [1.165, 1.54) is 38.5 Å². The number of amides is 1. The van der Waals surface area contributed by atoms with Crippen molar-refractivity contribution in [2.45, 2.75) is 89.4 Å². The van der Waals surface area contributed by atoms with Crippen molar-refractivity contribution in [3.8, 4) is 0 Å². The number of hydrogen-bond donors (Lipinski definition) is 2. The van der Waals surface area contributed by atoms with Crippen LogP contribution in [0.25, 0.3) is 0 Å². The average molecular weight is 295 g/mol. The van der Waals surface area contributed by atoms with Crippen molar-refractivity contribution < 1.29 is 4.79 Å². The molecule has 0 spiro atoms. The van der Waals surface area contributed by atoms with Crippen LogP contribution in [0.4, 0.5) is 0 Å². The highest BCUT2D eigenvalue weighted by atomic mass is 16.1. The number of carbonyl (C=O) groups excluding carboxylic acids is 1. The second-order valence-electron chi connectivity index (χ2n) is 7.76. The van der Waals surface area contributed by atoms with Gasteiger partial charge in [0.15, 0.2) is 0 Å². The lowest BCUT2D eigenvalue weighted by atomic mass is 9.84. The molecule has 4 nitrogen and oxygen atoms in total. The quantitative estimate of drug-likeness (QED) is 0.757. The number of nitrogens with two attached hydrogens (primary N) is 1. The summed E-state index contributed by atoms with van der Waals surface area (Å²) in [6, 6.07) is 1.51. The van der Waals surface area contributed by atoms with Gasteiger partial charge in [0.25, 0.3) is 0 Å². The molecule has 0 aromatic carbocycles. The van der Waals surface area contributed by atoms with Crippen molar-refractivity contribution in [2.24, 2.45) is 11.7 Å². The highest BCUT2D eigenvalue weighted by molar-refractivity contribution is 5.84. The molecule has 0 bridgehead atoms. The normalized spacial score (nSPS) is 30.9. The van der Waals surface area contributed by atoms with Crippen LogP contribution in [0.15, 0.2) is 0 Å². The number of primary amides is 1. The van der Waals surface area contributed by atoms with E-state index in [1.807, 2.05) is 6.92 Å². The van der Waals surface area contributed by atoms with E-state index in [0.717, 1.165) is 12.3 Å². The molecular formula is C17H33N3O. The lowest BCUT2D eigenvalue weighted by Gasteiger charge is -2.40. The first kappa shape index (κ1) is 16.8. The number of carbonyl (C=O) groups is 1. The van der Waals surface area contributed by atoms with Gasteiger partial charge in [-0.3, -0.25) is 4.79 Å². The number of rotatable bonds is 7. The molecule has 3 N–H and O–H groups in total. The highest BCUT2D eigenvalue weighted by Gasteiger charge is 2.39. The SMILES string of the molecule is CC1CCCC(N(C)C(C)CC(C)(NC2CC2)C(N)=O)C1. The predicted molar refractivity (Wildman–Crippen MR) is 87.0 cm³/mol. The highest BCUT2D eigenvalue weighted by Crippen LogP contribution is 2.30. The van der Waals surface area contributed by atoms with E-state index in [9.17, 15) is 4.79 Å². The van der Waals surface area contributed by atoms with Crippen molar-refractivity contribution in [1.29, 1.82) is 0 Å². The van der Waals surface area contributed by atoms with E-state index in [1.54, 1.807) is 0 Å². The molecule has 2 fully saturated rings. The van der Waals surface area contributed by atoms with Gasteiger partial charge in [-0.15, -0.1) is 0 Å². The van der Waals surface area contributed by atoms with Crippen molar-refractivity contribution in [1.82, 2.24) is 10.2 Å². The summed E-state index contributed by atoms with van der Waals surface area (Å²) in [5.74, 6) is 0.608. The monoisotopic (exact) mass is 295 g/mol. The third-order valence-electron chi connectivity index (χ3n) is 5.53. The lowest BCUT2D eigenvalue weighted by Crippen LogP contribution is -2.57. The molecule has 0 radical (unpaired) electrons. The van der Waals surface area contributed by atoms with Crippen molar-refractivity contribution in [3.05, 3.63) is 0 Å². The van der Waals surface area contributed by atoms with Gasteiger partial charge in [0.1, 0.15) is 0 Å². The maximum Gasteiger partial charge on any atom is 0.237 e. The first-order valence-electron chi connectivity index (χ1n) is 8.61. The van der Waals surface area contributed by atoms with Crippen LogP contribution in [-0.4, -0.2) is 41.5 Å². The summed E-state index contributed by atoms with van der Waals surface area (Å²) < 4.78 is 0. The van der Waals surface area contributed by atoms with Crippen LogP contribution in [0.5, 0.6) is 0 Å². The molecule has 4 unspecified atom stereocenters. The molecule has 0 aromatic rings. The molecule has 2 saturated carbocycles. The number of nitrogens with one attached hydrogen (secondary N) is 1. The van der Waals surface area contributed by atoms with E-state index < -0.39 is 5.54 Å². The summed E-state index contributed by atoms with van der Waals surface area (Å²) >= 11 is 0. The minimum absolute atomic E-state index is 0.216. The average Bonchev–Trinajstić information content (AvgIpc) is 3.21. The van der Waals surface area contributed by atoms with E-state index in [4.69, 9.17) is 5.73 Å². The van der Waals surface area contributed by atoms with Gasteiger partial charge >= 0.3 is 0 Å². The molecule has 122 valence electrons. The second-order valence-corrected chi connectivity index (χ2v) is 7.76. The van der Waals surface area contributed by atoms with Crippen molar-refractivity contribution >= 4 is 5.91 Å². The van der Waals surface area contributed by atoms with E-state index >= 15 is 0 Å². The summed E-state index contributed by atoms with van der Waals surface area (Å²) in [6.07, 6.45) is 8.40. The standard InChI is InChI=1S/C17H33N3O/c1-12-6-5-7-15(10-12)20(4)13(2)11-17(3,16(18)21)19-14-8-9-14/h12-15,19H,5-11H2,1-4H3,(H2,18,21). The van der Waals surface area contributed by atoms with Crippen LogP contribution in [0.1, 0.15) is 65.7 Å². The first-order valence-corrected chi connectivity index (χ1v) is 8.61. The minimum Gasteiger partial charge on any atom is -0.368 e. The number of hydrogen-bond acceptors (Lipinski definition) is 3. The largest absolute Gasteiger partial charge is 0.368 e. The summed E-state index contributed by atoms with van der Waals surface area (Å²) in [4.78, 5) is 14.4. The van der Waals surface area contributed by atoms with Gasteiger partial charge in [-0.25, -0.2) is 0 Å². The second kappa shape index (κ2) is 6.66. The summed E-state index contributed by atoms with van der Waals surface area (Å²) in [5.41, 5.74) is 5.10. The van der Waals surface area contributed by atoms with Crippen LogP contribution in [0.3, 0.4) is 0 Å². The predicted octanol–water partition coefficient (Wildman–Crippen LogP) is 2.27. The molecule has 21 heavy (non-hydrogen) atoms. The molecule has 0 heterocycles. The van der Waals surface area contributed by atoms with Crippen LogP contribution < -0.4 is 11.1 Å². The zero-order valence-corrected chi connectivity index (χ0v) is 14.2. The van der Waals surface area contributed by atoms with Gasteiger partial charge in [-0.05, 0) is 58.9 Å². The van der Waals surface area contributed by atoms with Crippen molar-refractivity contribution in [3.63, 3.8) is 0 Å². The Morgan fingerprint density at radius 3 is 2.57 bits per heavy atom. The Bertz CT molecular complexity index is 369. The van der Waals surface area contributed by atoms with E-state index in [-0.39, 0.29) is 5.91 Å². The molecule has 2 aliphatic carbocycles. The van der Waals surface area contributed by atoms with Gasteiger partial charge in [-0.1, -0.05) is 19.8 Å². The first-order chi connectivity index (χ1) is 9.82. The molecule has 0 aliphatic heterocycles. The summed E-state index contributed by atoms with van der Waals surface area (Å²) in [5, 5.41) is 3.46. The Labute approximate surface area is 129 Å². The lowest BCUT2D eigenvalue weighted by molar-refractivity contribution is -0.124. The molecular weight excluding hydrogens is 262 g/mol. The van der Waals surface area contributed by atoms with Gasteiger partial charge in [0.05, 0.1) is 5.54 Å². The van der Waals surface area contributed by atoms with Gasteiger partial charge in [-0.2, -0.15) is 0 Å². The molecule has 1 amide bonds. The van der Waals surface area contributed by atoms with Gasteiger partial charge in [0, 0.05) is 18.1 Å². The van der Waals surface area contributed by atoms with Crippen molar-refractivity contribution in [2.75, 3.05) is 7.05 Å². The van der Waals surface area contributed by atoms with E-state index in [0.29, 0.717) is 18.1 Å². The molecule has 0 aromatic heterocycles. The fourth-order valence-electron chi connectivity index (χ4n) is 3.78.